The van der Waals surface area contributed by atoms with Crippen molar-refractivity contribution in [3.8, 4) is 0 Å². The van der Waals surface area contributed by atoms with Crippen LogP contribution in [0.5, 0.6) is 0 Å². The lowest BCUT2D eigenvalue weighted by Crippen LogP contribution is -2.43. The largest absolute Gasteiger partial charge is 0.326 e. The average molecular weight is 300 g/mol. The highest BCUT2D eigenvalue weighted by Gasteiger charge is 2.30. The molecule has 1 aliphatic rings. The quantitative estimate of drug-likeness (QED) is 0.918. The number of hydrogen-bond donors (Lipinski definition) is 1. The average Bonchev–Trinajstić information content (AvgIpc) is 2.40. The van der Waals surface area contributed by atoms with Crippen LogP contribution >= 0.6 is 0 Å². The predicted octanol–water partition coefficient (Wildman–Crippen LogP) is 1.44. The van der Waals surface area contributed by atoms with Crippen LogP contribution < -0.4 is 5.32 Å². The van der Waals surface area contributed by atoms with Gasteiger partial charge >= 0.3 is 0 Å². The van der Waals surface area contributed by atoms with Crippen molar-refractivity contribution >= 4 is 21.6 Å². The second-order valence-corrected chi connectivity index (χ2v) is 6.94. The number of nitrogens with zero attached hydrogens (tertiary/aromatic N) is 1. The number of benzene rings is 1. The molecule has 5 nitrogen and oxygen atoms in total. The molecule has 1 saturated heterocycles. The minimum absolute atomic E-state index is 0.200. The maximum Gasteiger partial charge on any atom is 0.228 e. The summed E-state index contributed by atoms with van der Waals surface area (Å²) < 4.78 is 37.1. The summed E-state index contributed by atoms with van der Waals surface area (Å²) in [7, 11) is -3.27. The number of carbonyl (C=O) groups excluding carboxylic acids is 1. The van der Waals surface area contributed by atoms with E-state index in [1.807, 2.05) is 0 Å². The van der Waals surface area contributed by atoms with Crippen molar-refractivity contribution in [3.63, 3.8) is 0 Å². The SMILES string of the molecule is CS(=O)(=O)N1CCC[C@H](C(=O)Nc2ccc(F)cc2)C1. The molecule has 0 saturated carbocycles. The fraction of sp³-hybridized carbons (Fsp3) is 0.462. The third-order valence-corrected chi connectivity index (χ3v) is 4.61. The molecule has 0 aromatic heterocycles. The molecule has 20 heavy (non-hydrogen) atoms. The Kier molecular flexibility index (Phi) is 4.39. The van der Waals surface area contributed by atoms with Gasteiger partial charge in [0.1, 0.15) is 5.82 Å². The maximum absolute atomic E-state index is 12.8. The first-order chi connectivity index (χ1) is 9.36. The van der Waals surface area contributed by atoms with Crippen LogP contribution in [0.15, 0.2) is 24.3 Å². The lowest BCUT2D eigenvalue weighted by Gasteiger charge is -2.30. The normalized spacial score (nSPS) is 20.6. The van der Waals surface area contributed by atoms with E-state index < -0.39 is 10.0 Å². The van der Waals surface area contributed by atoms with Gasteiger partial charge in [0, 0.05) is 18.8 Å². The molecule has 0 aliphatic carbocycles. The number of rotatable bonds is 3. The summed E-state index contributed by atoms with van der Waals surface area (Å²) in [6, 6.07) is 5.48. The zero-order valence-corrected chi connectivity index (χ0v) is 12.0. The Bertz CT molecular complexity index is 586. The van der Waals surface area contributed by atoms with Crippen LogP contribution in [0, 0.1) is 11.7 Å². The molecule has 0 bridgehead atoms. The first kappa shape index (κ1) is 14.9. The van der Waals surface area contributed by atoms with Gasteiger partial charge in [-0.2, -0.15) is 0 Å². The summed E-state index contributed by atoms with van der Waals surface area (Å²) >= 11 is 0. The second kappa shape index (κ2) is 5.88. The molecule has 7 heteroatoms. The Hall–Kier alpha value is -1.47. The molecule has 1 aliphatic heterocycles. The fourth-order valence-electron chi connectivity index (χ4n) is 2.24. The van der Waals surface area contributed by atoms with E-state index in [1.54, 1.807) is 0 Å². The zero-order valence-electron chi connectivity index (χ0n) is 11.2. The van der Waals surface area contributed by atoms with Gasteiger partial charge in [-0.15, -0.1) is 0 Å². The molecule has 2 rings (SSSR count). The number of nitrogens with one attached hydrogen (secondary N) is 1. The smallest absolute Gasteiger partial charge is 0.228 e. The van der Waals surface area contributed by atoms with Crippen molar-refractivity contribution in [2.75, 3.05) is 24.7 Å². The van der Waals surface area contributed by atoms with Gasteiger partial charge in [-0.1, -0.05) is 0 Å². The van der Waals surface area contributed by atoms with Gasteiger partial charge in [-0.25, -0.2) is 17.1 Å². The van der Waals surface area contributed by atoms with Crippen molar-refractivity contribution in [1.29, 1.82) is 0 Å². The molecular weight excluding hydrogens is 283 g/mol. The number of amides is 1. The molecule has 110 valence electrons. The molecule has 1 N–H and O–H groups in total. The minimum Gasteiger partial charge on any atom is -0.326 e. The first-order valence-corrected chi connectivity index (χ1v) is 8.22. The van der Waals surface area contributed by atoms with E-state index in [4.69, 9.17) is 0 Å². The molecule has 1 amide bonds. The summed E-state index contributed by atoms with van der Waals surface area (Å²) in [6.45, 7) is 0.658. The highest BCUT2D eigenvalue weighted by atomic mass is 32.2. The van der Waals surface area contributed by atoms with Gasteiger partial charge in [-0.3, -0.25) is 4.79 Å². The summed E-state index contributed by atoms with van der Waals surface area (Å²) in [5.41, 5.74) is 0.507. The van der Waals surface area contributed by atoms with E-state index in [2.05, 4.69) is 5.32 Å². The first-order valence-electron chi connectivity index (χ1n) is 6.38. The number of carbonyl (C=O) groups is 1. The Labute approximate surface area is 117 Å². The van der Waals surface area contributed by atoms with Gasteiger partial charge in [0.25, 0.3) is 0 Å². The molecule has 0 spiro atoms. The number of halogens is 1. The van der Waals surface area contributed by atoms with Crippen molar-refractivity contribution in [2.24, 2.45) is 5.92 Å². The zero-order chi connectivity index (χ0) is 14.8. The Morgan fingerprint density at radius 1 is 1.35 bits per heavy atom. The van der Waals surface area contributed by atoms with Crippen LogP contribution in [0.3, 0.4) is 0 Å². The van der Waals surface area contributed by atoms with Gasteiger partial charge in [0.2, 0.25) is 15.9 Å². The van der Waals surface area contributed by atoms with Crippen molar-refractivity contribution in [2.45, 2.75) is 12.8 Å². The molecule has 1 heterocycles. The van der Waals surface area contributed by atoms with Crippen LogP contribution in [0.1, 0.15) is 12.8 Å². The van der Waals surface area contributed by atoms with Gasteiger partial charge in [0.05, 0.1) is 12.2 Å². The van der Waals surface area contributed by atoms with Crippen molar-refractivity contribution < 1.29 is 17.6 Å². The maximum atomic E-state index is 12.8. The van der Waals surface area contributed by atoms with E-state index in [0.717, 1.165) is 6.26 Å². The second-order valence-electron chi connectivity index (χ2n) is 4.96. The predicted molar refractivity (Wildman–Crippen MR) is 74.2 cm³/mol. The lowest BCUT2D eigenvalue weighted by atomic mass is 9.99. The van der Waals surface area contributed by atoms with Crippen LogP contribution in [-0.2, 0) is 14.8 Å². The summed E-state index contributed by atoms with van der Waals surface area (Å²) in [4.78, 5) is 12.1. The molecular formula is C13H17FN2O3S. The summed E-state index contributed by atoms with van der Waals surface area (Å²) in [5.74, 6) is -0.975. The standard InChI is InChI=1S/C13H17FN2O3S/c1-20(18,19)16-8-2-3-10(9-16)13(17)15-12-6-4-11(14)5-7-12/h4-7,10H,2-3,8-9H2,1H3,(H,15,17)/t10-/m0/s1. The topological polar surface area (TPSA) is 66.5 Å². The van der Waals surface area contributed by atoms with Gasteiger partial charge in [-0.05, 0) is 37.1 Å². The van der Waals surface area contributed by atoms with Gasteiger partial charge in [0.15, 0.2) is 0 Å². The number of hydrogen-bond acceptors (Lipinski definition) is 3. The number of anilines is 1. The van der Waals surface area contributed by atoms with E-state index in [9.17, 15) is 17.6 Å². The van der Waals surface area contributed by atoms with Gasteiger partial charge < -0.3 is 5.32 Å². The molecule has 0 unspecified atom stereocenters. The van der Waals surface area contributed by atoms with Crippen molar-refractivity contribution in [3.05, 3.63) is 30.1 Å². The summed E-state index contributed by atoms with van der Waals surface area (Å²) in [6.07, 6.45) is 2.46. The molecule has 1 atom stereocenters. The van der Waals surface area contributed by atoms with Crippen LogP contribution in [-0.4, -0.2) is 38.0 Å². The molecule has 0 radical (unpaired) electrons. The fourth-order valence-corrected chi connectivity index (χ4v) is 3.15. The number of sulfonamides is 1. The molecule has 1 fully saturated rings. The lowest BCUT2D eigenvalue weighted by molar-refractivity contribution is -0.120. The third kappa shape index (κ3) is 3.77. The minimum atomic E-state index is -3.27. The number of piperidine rings is 1. The van der Waals surface area contributed by atoms with E-state index >= 15 is 0 Å². The Balaban J connectivity index is 2.00. The monoisotopic (exact) mass is 300 g/mol. The summed E-state index contributed by atoms with van der Waals surface area (Å²) in [5, 5.41) is 2.68. The third-order valence-electron chi connectivity index (χ3n) is 3.34. The van der Waals surface area contributed by atoms with Crippen LogP contribution in [0.4, 0.5) is 10.1 Å². The Morgan fingerprint density at radius 3 is 2.60 bits per heavy atom. The highest BCUT2D eigenvalue weighted by Crippen LogP contribution is 2.20. The van der Waals surface area contributed by atoms with E-state index in [1.165, 1.54) is 28.6 Å². The van der Waals surface area contributed by atoms with E-state index in [-0.39, 0.29) is 24.2 Å². The highest BCUT2D eigenvalue weighted by molar-refractivity contribution is 7.88. The van der Waals surface area contributed by atoms with Crippen molar-refractivity contribution in [1.82, 2.24) is 4.31 Å². The van der Waals surface area contributed by atoms with Crippen LogP contribution in [0.2, 0.25) is 0 Å². The molecule has 1 aromatic carbocycles. The Morgan fingerprint density at radius 2 is 2.00 bits per heavy atom. The van der Waals surface area contributed by atoms with Crippen LogP contribution in [0.25, 0.3) is 0 Å². The molecule has 1 aromatic rings. The van der Waals surface area contributed by atoms with E-state index in [0.29, 0.717) is 25.1 Å².